The first-order chi connectivity index (χ1) is 10.3. The summed E-state index contributed by atoms with van der Waals surface area (Å²) in [5.41, 5.74) is 1.11. The van der Waals surface area contributed by atoms with E-state index in [0.717, 1.165) is 11.0 Å². The molecule has 0 bridgehead atoms. The monoisotopic (exact) mass is 281 g/mol. The van der Waals surface area contributed by atoms with E-state index in [4.69, 9.17) is 10.00 Å². The number of aromatic nitrogens is 4. The number of fused-ring (bicyclic) bond motifs is 1. The van der Waals surface area contributed by atoms with Crippen LogP contribution in [0.15, 0.2) is 35.4 Å². The van der Waals surface area contributed by atoms with Crippen molar-refractivity contribution in [2.24, 2.45) is 0 Å². The van der Waals surface area contributed by atoms with Crippen molar-refractivity contribution in [2.45, 2.75) is 6.42 Å². The van der Waals surface area contributed by atoms with Crippen molar-refractivity contribution in [1.82, 2.24) is 19.5 Å². The zero-order chi connectivity index (χ0) is 14.8. The van der Waals surface area contributed by atoms with Crippen LogP contribution >= 0.6 is 0 Å². The van der Waals surface area contributed by atoms with Crippen molar-refractivity contribution >= 4 is 11.0 Å². The molecule has 7 heteroatoms. The molecule has 0 unspecified atom stereocenters. The summed E-state index contributed by atoms with van der Waals surface area (Å²) in [5.74, 6) is 0.912. The van der Waals surface area contributed by atoms with E-state index < -0.39 is 0 Å². The number of H-pyrrole nitrogens is 1. The molecule has 0 aliphatic carbocycles. The number of nitrogens with zero attached hydrogens (tertiary/aromatic N) is 4. The fourth-order valence-corrected chi connectivity index (χ4v) is 2.22. The average molecular weight is 281 g/mol. The minimum atomic E-state index is -0.386. The number of ether oxygens (including phenoxy) is 1. The van der Waals surface area contributed by atoms with Crippen LogP contribution in [0.2, 0.25) is 0 Å². The van der Waals surface area contributed by atoms with Crippen LogP contribution in [0.3, 0.4) is 0 Å². The van der Waals surface area contributed by atoms with Gasteiger partial charge < -0.3 is 9.72 Å². The van der Waals surface area contributed by atoms with Gasteiger partial charge in [0.15, 0.2) is 5.82 Å². The van der Waals surface area contributed by atoms with Crippen molar-refractivity contribution in [3.8, 4) is 17.6 Å². The van der Waals surface area contributed by atoms with Gasteiger partial charge >= 0.3 is 0 Å². The first-order valence-corrected chi connectivity index (χ1v) is 6.21. The number of aromatic amines is 1. The molecule has 0 amide bonds. The number of nitrogens with one attached hydrogen (secondary N) is 1. The van der Waals surface area contributed by atoms with E-state index in [1.165, 1.54) is 13.4 Å². The summed E-state index contributed by atoms with van der Waals surface area (Å²) in [6, 6.07) is 9.48. The average Bonchev–Trinajstić information content (AvgIpc) is 2.85. The van der Waals surface area contributed by atoms with Gasteiger partial charge in [0.1, 0.15) is 5.82 Å². The van der Waals surface area contributed by atoms with Gasteiger partial charge in [0, 0.05) is 0 Å². The number of para-hydroxylation sites is 2. The fourth-order valence-electron chi connectivity index (χ4n) is 2.22. The maximum Gasteiger partial charge on any atom is 0.295 e. The number of imidazole rings is 1. The van der Waals surface area contributed by atoms with E-state index >= 15 is 0 Å². The van der Waals surface area contributed by atoms with E-state index in [0.29, 0.717) is 11.6 Å². The lowest BCUT2D eigenvalue weighted by Crippen LogP contribution is -2.15. The summed E-state index contributed by atoms with van der Waals surface area (Å²) in [7, 11) is 1.40. The lowest BCUT2D eigenvalue weighted by atomic mass is 10.3. The molecule has 0 radical (unpaired) electrons. The Kier molecular flexibility index (Phi) is 3.12. The van der Waals surface area contributed by atoms with Gasteiger partial charge in [0.05, 0.1) is 37.0 Å². The molecule has 0 fully saturated rings. The highest BCUT2D eigenvalue weighted by Crippen LogP contribution is 2.24. The maximum absolute atomic E-state index is 11.9. The topological polar surface area (TPSA) is 96.6 Å². The summed E-state index contributed by atoms with van der Waals surface area (Å²) in [6.07, 6.45) is 1.40. The highest BCUT2D eigenvalue weighted by atomic mass is 16.5. The van der Waals surface area contributed by atoms with E-state index in [1.807, 2.05) is 24.3 Å². The van der Waals surface area contributed by atoms with Crippen molar-refractivity contribution in [2.75, 3.05) is 7.11 Å². The fraction of sp³-hybridized carbons (Fsp3) is 0.143. The number of nitriles is 1. The predicted molar refractivity (Wildman–Crippen MR) is 75.4 cm³/mol. The molecule has 2 heterocycles. The van der Waals surface area contributed by atoms with Crippen LogP contribution in [0.1, 0.15) is 5.82 Å². The maximum atomic E-state index is 11.9. The lowest BCUT2D eigenvalue weighted by Gasteiger charge is -2.09. The summed E-state index contributed by atoms with van der Waals surface area (Å²) < 4.78 is 6.82. The normalized spacial score (nSPS) is 10.5. The van der Waals surface area contributed by atoms with Crippen LogP contribution in [0, 0.1) is 11.3 Å². The molecule has 104 valence electrons. The number of hydrogen-bond acceptors (Lipinski definition) is 5. The molecule has 0 saturated heterocycles. The molecule has 3 aromatic rings. The van der Waals surface area contributed by atoms with Crippen LogP contribution in [0.5, 0.6) is 5.75 Å². The Morgan fingerprint density at radius 1 is 1.43 bits per heavy atom. The number of hydrogen-bond donors (Lipinski definition) is 1. The van der Waals surface area contributed by atoms with Gasteiger partial charge in [0.2, 0.25) is 5.75 Å². The second-order valence-corrected chi connectivity index (χ2v) is 4.28. The Bertz CT molecular complexity index is 904. The molecular weight excluding hydrogens is 270 g/mol. The van der Waals surface area contributed by atoms with E-state index in [-0.39, 0.29) is 17.7 Å². The largest absolute Gasteiger partial charge is 0.488 e. The van der Waals surface area contributed by atoms with E-state index in [9.17, 15) is 4.79 Å². The zero-order valence-corrected chi connectivity index (χ0v) is 11.2. The number of benzene rings is 1. The molecule has 21 heavy (non-hydrogen) atoms. The molecule has 7 nitrogen and oxygen atoms in total. The van der Waals surface area contributed by atoms with E-state index in [1.54, 1.807) is 4.57 Å². The summed E-state index contributed by atoms with van der Waals surface area (Å²) in [4.78, 5) is 22.9. The molecule has 2 aromatic heterocycles. The quantitative estimate of drug-likeness (QED) is 0.777. The third kappa shape index (κ3) is 2.03. The van der Waals surface area contributed by atoms with Crippen molar-refractivity contribution in [3.05, 3.63) is 46.8 Å². The van der Waals surface area contributed by atoms with Crippen molar-refractivity contribution in [1.29, 1.82) is 5.26 Å². The Hall–Kier alpha value is -3.14. The van der Waals surface area contributed by atoms with Crippen LogP contribution < -0.4 is 10.3 Å². The highest BCUT2D eigenvalue weighted by molar-refractivity contribution is 5.78. The van der Waals surface area contributed by atoms with Gasteiger partial charge in [0.25, 0.3) is 5.56 Å². The number of methoxy groups -OCH3 is 1. The zero-order valence-electron chi connectivity index (χ0n) is 11.2. The van der Waals surface area contributed by atoms with Gasteiger partial charge in [-0.1, -0.05) is 12.1 Å². The summed E-state index contributed by atoms with van der Waals surface area (Å²) in [5, 5.41) is 8.97. The van der Waals surface area contributed by atoms with Crippen LogP contribution in [-0.2, 0) is 6.42 Å². The molecule has 1 aromatic carbocycles. The minimum absolute atomic E-state index is 0.0832. The lowest BCUT2D eigenvalue weighted by molar-refractivity contribution is 0.403. The minimum Gasteiger partial charge on any atom is -0.488 e. The standard InChI is InChI=1S/C14H11N5O2/c1-21-12-13(16-8-17-14(12)20)19-10-5-3-2-4-9(10)18-11(19)6-7-15/h2-5,8H,6H2,1H3,(H,16,17,20). The first-order valence-electron chi connectivity index (χ1n) is 6.21. The Labute approximate surface area is 119 Å². The third-order valence-corrected chi connectivity index (χ3v) is 3.08. The predicted octanol–water partition coefficient (Wildman–Crippen LogP) is 1.18. The second kappa shape index (κ2) is 5.09. The van der Waals surface area contributed by atoms with Crippen LogP contribution in [0.4, 0.5) is 0 Å². The Morgan fingerprint density at radius 3 is 3.00 bits per heavy atom. The van der Waals surface area contributed by atoms with Crippen LogP contribution in [-0.4, -0.2) is 26.6 Å². The molecule has 1 N–H and O–H groups in total. The molecule has 0 atom stereocenters. The Morgan fingerprint density at radius 2 is 2.24 bits per heavy atom. The smallest absolute Gasteiger partial charge is 0.295 e. The highest BCUT2D eigenvalue weighted by Gasteiger charge is 2.18. The molecule has 0 aliphatic rings. The van der Waals surface area contributed by atoms with Crippen molar-refractivity contribution < 1.29 is 4.74 Å². The second-order valence-electron chi connectivity index (χ2n) is 4.28. The SMILES string of the molecule is COc1c(-n2c(CC#N)nc3ccccc32)nc[nH]c1=O. The van der Waals surface area contributed by atoms with Gasteiger partial charge in [-0.25, -0.2) is 9.97 Å². The molecule has 0 saturated carbocycles. The van der Waals surface area contributed by atoms with Gasteiger partial charge in [-0.15, -0.1) is 0 Å². The molecule has 3 rings (SSSR count). The molecule has 0 aliphatic heterocycles. The van der Waals surface area contributed by atoms with Gasteiger partial charge in [-0.05, 0) is 12.1 Å². The van der Waals surface area contributed by atoms with Gasteiger partial charge in [-0.3, -0.25) is 9.36 Å². The Balaban J connectivity index is 2.39. The summed E-state index contributed by atoms with van der Waals surface area (Å²) >= 11 is 0. The van der Waals surface area contributed by atoms with E-state index in [2.05, 4.69) is 21.0 Å². The van der Waals surface area contributed by atoms with Crippen LogP contribution in [0.25, 0.3) is 16.9 Å². The molecule has 0 spiro atoms. The first kappa shape index (κ1) is 12.9. The summed E-state index contributed by atoms with van der Waals surface area (Å²) in [6.45, 7) is 0. The van der Waals surface area contributed by atoms with Crippen molar-refractivity contribution in [3.63, 3.8) is 0 Å². The number of rotatable bonds is 3. The van der Waals surface area contributed by atoms with Gasteiger partial charge in [-0.2, -0.15) is 5.26 Å². The third-order valence-electron chi connectivity index (χ3n) is 3.08. The molecular formula is C14H11N5O2.